The highest BCUT2D eigenvalue weighted by Crippen LogP contribution is 2.35. The fraction of sp³-hybridized carbons (Fsp3) is 0.273. The number of hydrogen-bond donors (Lipinski definition) is 1. The maximum absolute atomic E-state index is 12.3. The molecule has 29 heavy (non-hydrogen) atoms. The zero-order chi connectivity index (χ0) is 21.2. The third-order valence-electron chi connectivity index (χ3n) is 4.86. The van der Waals surface area contributed by atoms with Crippen molar-refractivity contribution in [3.05, 3.63) is 65.4 Å². The Labute approximate surface area is 169 Å². The molecule has 0 spiro atoms. The van der Waals surface area contributed by atoms with Gasteiger partial charge in [-0.25, -0.2) is 8.42 Å². The van der Waals surface area contributed by atoms with Gasteiger partial charge in [0.15, 0.2) is 21.4 Å². The molecule has 1 aliphatic carbocycles. The molecule has 2 aromatic carbocycles. The Morgan fingerprint density at radius 2 is 1.79 bits per heavy atom. The summed E-state index contributed by atoms with van der Waals surface area (Å²) in [4.78, 5) is 24.3. The highest BCUT2D eigenvalue weighted by molar-refractivity contribution is 7.90. The molecule has 0 radical (unpaired) electrons. The Balaban J connectivity index is 1.76. The van der Waals surface area contributed by atoms with Crippen molar-refractivity contribution < 1.29 is 27.9 Å². The van der Waals surface area contributed by atoms with Gasteiger partial charge in [0.05, 0.1) is 10.5 Å². The summed E-state index contributed by atoms with van der Waals surface area (Å²) >= 11 is 0. The summed E-state index contributed by atoms with van der Waals surface area (Å²) in [5.41, 5.74) is 0.791. The van der Waals surface area contributed by atoms with Crippen molar-refractivity contribution in [3.8, 4) is 11.5 Å². The Morgan fingerprint density at radius 3 is 2.38 bits per heavy atom. The van der Waals surface area contributed by atoms with E-state index in [0.29, 0.717) is 11.5 Å². The molecular formula is C22H22O6S. The molecule has 0 aromatic heterocycles. The van der Waals surface area contributed by atoms with E-state index in [1.807, 2.05) is 0 Å². The fourth-order valence-corrected chi connectivity index (χ4v) is 3.99. The number of hydrogen-bond acceptors (Lipinski definition) is 6. The summed E-state index contributed by atoms with van der Waals surface area (Å²) in [7, 11) is -3.33. The first kappa shape index (κ1) is 20.8. The number of aliphatic hydroxyl groups is 1. The molecule has 0 fully saturated rings. The van der Waals surface area contributed by atoms with E-state index >= 15 is 0 Å². The molecule has 0 saturated carbocycles. The van der Waals surface area contributed by atoms with E-state index in [-0.39, 0.29) is 53.0 Å². The Hall–Kier alpha value is -2.93. The van der Waals surface area contributed by atoms with Crippen LogP contribution in [0.4, 0.5) is 0 Å². The van der Waals surface area contributed by atoms with E-state index < -0.39 is 9.84 Å². The number of rotatable bonds is 6. The third kappa shape index (κ3) is 4.74. The molecule has 152 valence electrons. The van der Waals surface area contributed by atoms with Gasteiger partial charge in [0.2, 0.25) is 0 Å². The number of ketones is 2. The van der Waals surface area contributed by atoms with Crippen molar-refractivity contribution >= 4 is 21.4 Å². The monoisotopic (exact) mass is 414 g/mol. The fourth-order valence-electron chi connectivity index (χ4n) is 3.34. The van der Waals surface area contributed by atoms with Crippen LogP contribution in [0.15, 0.2) is 64.8 Å². The summed E-state index contributed by atoms with van der Waals surface area (Å²) in [6, 6.07) is 13.3. The van der Waals surface area contributed by atoms with E-state index in [9.17, 15) is 23.1 Å². The standard InChI is InChI=1S/C22H22O6S/c1-3-19(23)22-20(24)11-15(12-21(22)25)14-7-9-16(10-8-14)28-17-5-4-6-18(13-17)29(2,26)27/h4-10,13,15,24H,3,11-12H2,1-2H3. The molecule has 0 bridgehead atoms. The normalized spacial score (nSPS) is 17.3. The largest absolute Gasteiger partial charge is 0.511 e. The first-order valence-electron chi connectivity index (χ1n) is 9.25. The molecule has 1 atom stereocenters. The molecule has 1 aliphatic rings. The lowest BCUT2D eigenvalue weighted by Gasteiger charge is -2.23. The van der Waals surface area contributed by atoms with Crippen LogP contribution in [-0.4, -0.2) is 31.3 Å². The van der Waals surface area contributed by atoms with Crippen LogP contribution in [0.2, 0.25) is 0 Å². The third-order valence-corrected chi connectivity index (χ3v) is 5.97. The Kier molecular flexibility index (Phi) is 5.88. The number of Topliss-reactive ketones (excluding diaryl/α,β-unsaturated/α-hetero) is 2. The lowest BCUT2D eigenvalue weighted by atomic mass is 9.81. The molecule has 7 heteroatoms. The predicted molar refractivity (Wildman–Crippen MR) is 108 cm³/mol. The lowest BCUT2D eigenvalue weighted by molar-refractivity contribution is -0.122. The molecular weight excluding hydrogens is 392 g/mol. The quantitative estimate of drug-likeness (QED) is 0.714. The van der Waals surface area contributed by atoms with Gasteiger partial charge in [-0.2, -0.15) is 0 Å². The van der Waals surface area contributed by atoms with Gasteiger partial charge in [-0.1, -0.05) is 25.1 Å². The second-order valence-corrected chi connectivity index (χ2v) is 9.06. The van der Waals surface area contributed by atoms with Gasteiger partial charge in [-0.05, 0) is 41.8 Å². The maximum Gasteiger partial charge on any atom is 0.175 e. The summed E-state index contributed by atoms with van der Waals surface area (Å²) in [6.07, 6.45) is 1.73. The number of allylic oxidation sites excluding steroid dienone is 2. The van der Waals surface area contributed by atoms with Crippen LogP contribution in [0.1, 0.15) is 37.7 Å². The molecule has 1 unspecified atom stereocenters. The second-order valence-electron chi connectivity index (χ2n) is 7.04. The highest BCUT2D eigenvalue weighted by atomic mass is 32.2. The van der Waals surface area contributed by atoms with Gasteiger partial charge < -0.3 is 9.84 Å². The van der Waals surface area contributed by atoms with Crippen LogP contribution in [-0.2, 0) is 19.4 Å². The van der Waals surface area contributed by atoms with Crippen LogP contribution in [0, 0.1) is 0 Å². The van der Waals surface area contributed by atoms with Gasteiger partial charge in [0.25, 0.3) is 0 Å². The lowest BCUT2D eigenvalue weighted by Crippen LogP contribution is -2.23. The molecule has 3 rings (SSSR count). The molecule has 0 heterocycles. The van der Waals surface area contributed by atoms with Crippen LogP contribution in [0.5, 0.6) is 11.5 Å². The van der Waals surface area contributed by atoms with E-state index in [1.165, 1.54) is 12.1 Å². The van der Waals surface area contributed by atoms with Gasteiger partial charge >= 0.3 is 0 Å². The SMILES string of the molecule is CCC(=O)C1=C(O)CC(c2ccc(Oc3cccc(S(C)(=O)=O)c3)cc2)CC1=O. The first-order chi connectivity index (χ1) is 13.7. The Morgan fingerprint density at radius 1 is 1.10 bits per heavy atom. The van der Waals surface area contributed by atoms with E-state index in [0.717, 1.165) is 11.8 Å². The number of sulfone groups is 1. The predicted octanol–water partition coefficient (Wildman–Crippen LogP) is 4.12. The zero-order valence-corrected chi connectivity index (χ0v) is 17.0. The van der Waals surface area contributed by atoms with Crippen molar-refractivity contribution in [2.75, 3.05) is 6.26 Å². The van der Waals surface area contributed by atoms with Crippen molar-refractivity contribution in [2.24, 2.45) is 0 Å². The first-order valence-corrected chi connectivity index (χ1v) is 11.1. The van der Waals surface area contributed by atoms with Crippen LogP contribution in [0.25, 0.3) is 0 Å². The van der Waals surface area contributed by atoms with E-state index in [2.05, 4.69) is 0 Å². The van der Waals surface area contributed by atoms with Gasteiger partial charge in [-0.15, -0.1) is 0 Å². The molecule has 0 amide bonds. The maximum atomic E-state index is 12.3. The van der Waals surface area contributed by atoms with Gasteiger partial charge in [-0.3, -0.25) is 9.59 Å². The molecule has 0 aliphatic heterocycles. The highest BCUT2D eigenvalue weighted by Gasteiger charge is 2.31. The topological polar surface area (TPSA) is 97.7 Å². The summed E-state index contributed by atoms with van der Waals surface area (Å²) < 4.78 is 29.1. The average molecular weight is 414 g/mol. The van der Waals surface area contributed by atoms with E-state index in [1.54, 1.807) is 43.3 Å². The number of ether oxygens (including phenoxy) is 1. The molecule has 0 saturated heterocycles. The molecule has 2 aromatic rings. The summed E-state index contributed by atoms with van der Waals surface area (Å²) in [5.74, 6) is -0.0935. The van der Waals surface area contributed by atoms with E-state index in [4.69, 9.17) is 4.74 Å². The number of benzene rings is 2. The number of carbonyl (C=O) groups is 2. The van der Waals surface area contributed by atoms with Crippen molar-refractivity contribution in [3.63, 3.8) is 0 Å². The minimum atomic E-state index is -3.33. The van der Waals surface area contributed by atoms with Crippen molar-refractivity contribution in [1.29, 1.82) is 0 Å². The summed E-state index contributed by atoms with van der Waals surface area (Å²) in [6.45, 7) is 1.66. The average Bonchev–Trinajstić information content (AvgIpc) is 2.67. The van der Waals surface area contributed by atoms with Crippen LogP contribution >= 0.6 is 0 Å². The van der Waals surface area contributed by atoms with Gasteiger partial charge in [0.1, 0.15) is 17.3 Å². The summed E-state index contributed by atoms with van der Waals surface area (Å²) in [5, 5.41) is 10.2. The zero-order valence-electron chi connectivity index (χ0n) is 16.2. The van der Waals surface area contributed by atoms with Crippen LogP contribution in [0.3, 0.4) is 0 Å². The van der Waals surface area contributed by atoms with Crippen molar-refractivity contribution in [1.82, 2.24) is 0 Å². The smallest absolute Gasteiger partial charge is 0.175 e. The second kappa shape index (κ2) is 8.21. The van der Waals surface area contributed by atoms with Crippen molar-refractivity contribution in [2.45, 2.75) is 37.0 Å². The molecule has 6 nitrogen and oxygen atoms in total. The number of aliphatic hydroxyl groups excluding tert-OH is 1. The van der Waals surface area contributed by atoms with Gasteiger partial charge in [0, 0.05) is 25.5 Å². The minimum absolute atomic E-state index is 0.0607. The number of carbonyl (C=O) groups excluding carboxylic acids is 2. The minimum Gasteiger partial charge on any atom is -0.511 e. The van der Waals surface area contributed by atoms with Crippen LogP contribution < -0.4 is 4.74 Å². The Bertz CT molecular complexity index is 1080. The molecule has 1 N–H and O–H groups in total.